The summed E-state index contributed by atoms with van der Waals surface area (Å²) in [5.74, 6) is 0.0981. The lowest BCUT2D eigenvalue weighted by Gasteiger charge is -2.16. The van der Waals surface area contributed by atoms with E-state index in [4.69, 9.17) is 5.41 Å². The van der Waals surface area contributed by atoms with Crippen molar-refractivity contribution < 1.29 is 9.59 Å². The second kappa shape index (κ2) is 7.08. The SMILES string of the molecule is CC(C)NCNC(=O)CCCN1C(=N)N(C)CC1=O. The number of carbonyl (C=O) groups is 2. The molecular weight excluding hydrogens is 246 g/mol. The van der Waals surface area contributed by atoms with Crippen molar-refractivity contribution in [2.45, 2.75) is 32.7 Å². The largest absolute Gasteiger partial charge is 0.344 e. The van der Waals surface area contributed by atoms with Gasteiger partial charge in [-0.3, -0.25) is 25.2 Å². The van der Waals surface area contributed by atoms with E-state index in [1.54, 1.807) is 11.9 Å². The highest BCUT2D eigenvalue weighted by Gasteiger charge is 2.29. The second-order valence-corrected chi connectivity index (χ2v) is 4.96. The van der Waals surface area contributed by atoms with E-state index in [1.807, 2.05) is 13.8 Å². The molecule has 3 N–H and O–H groups in total. The summed E-state index contributed by atoms with van der Waals surface area (Å²) in [5.41, 5.74) is 0. The van der Waals surface area contributed by atoms with Crippen molar-refractivity contribution in [2.75, 3.05) is 26.8 Å². The van der Waals surface area contributed by atoms with Gasteiger partial charge < -0.3 is 10.2 Å². The van der Waals surface area contributed by atoms with Gasteiger partial charge >= 0.3 is 0 Å². The topological polar surface area (TPSA) is 88.5 Å². The van der Waals surface area contributed by atoms with Crippen LogP contribution in [-0.4, -0.2) is 60.4 Å². The molecule has 1 heterocycles. The van der Waals surface area contributed by atoms with E-state index in [-0.39, 0.29) is 24.3 Å². The zero-order chi connectivity index (χ0) is 14.4. The Bertz CT molecular complexity index is 356. The third kappa shape index (κ3) is 4.86. The van der Waals surface area contributed by atoms with Crippen LogP contribution in [0.3, 0.4) is 0 Å². The third-order valence-electron chi connectivity index (χ3n) is 2.87. The van der Waals surface area contributed by atoms with E-state index in [2.05, 4.69) is 10.6 Å². The molecule has 1 fully saturated rings. The molecule has 0 aromatic carbocycles. The molecule has 0 atom stereocenters. The first-order valence-corrected chi connectivity index (χ1v) is 6.52. The number of carbonyl (C=O) groups excluding carboxylic acids is 2. The summed E-state index contributed by atoms with van der Waals surface area (Å²) in [6.45, 7) is 5.15. The van der Waals surface area contributed by atoms with Crippen LogP contribution in [0.4, 0.5) is 0 Å². The van der Waals surface area contributed by atoms with Crippen molar-refractivity contribution >= 4 is 17.8 Å². The Labute approximate surface area is 113 Å². The molecule has 2 amide bonds. The van der Waals surface area contributed by atoms with Crippen molar-refractivity contribution in [3.8, 4) is 0 Å². The number of amides is 2. The summed E-state index contributed by atoms with van der Waals surface area (Å²) >= 11 is 0. The highest BCUT2D eigenvalue weighted by molar-refractivity contribution is 6.02. The average molecular weight is 269 g/mol. The molecule has 0 saturated carbocycles. The molecule has 1 saturated heterocycles. The molecular formula is C12H23N5O2. The second-order valence-electron chi connectivity index (χ2n) is 4.96. The van der Waals surface area contributed by atoms with Gasteiger partial charge in [0.1, 0.15) is 0 Å². The molecule has 7 nitrogen and oxygen atoms in total. The molecule has 108 valence electrons. The van der Waals surface area contributed by atoms with E-state index < -0.39 is 0 Å². The van der Waals surface area contributed by atoms with Crippen LogP contribution in [0.25, 0.3) is 0 Å². The van der Waals surface area contributed by atoms with Crippen LogP contribution < -0.4 is 10.6 Å². The quantitative estimate of drug-likeness (QED) is 0.546. The summed E-state index contributed by atoms with van der Waals surface area (Å²) < 4.78 is 0. The van der Waals surface area contributed by atoms with Crippen molar-refractivity contribution in [1.82, 2.24) is 20.4 Å². The maximum Gasteiger partial charge on any atom is 0.248 e. The van der Waals surface area contributed by atoms with Crippen molar-refractivity contribution in [3.63, 3.8) is 0 Å². The van der Waals surface area contributed by atoms with Gasteiger partial charge in [0.15, 0.2) is 0 Å². The van der Waals surface area contributed by atoms with Gasteiger partial charge in [-0.2, -0.15) is 0 Å². The first-order chi connectivity index (χ1) is 8.91. The molecule has 0 aromatic rings. The molecule has 1 aliphatic rings. The standard InChI is InChI=1S/C12H23N5O2/c1-9(2)14-8-15-10(18)5-4-6-17-11(19)7-16(3)12(17)13/h9,13-14H,4-8H2,1-3H3,(H,15,18). The van der Waals surface area contributed by atoms with Gasteiger partial charge in [0.05, 0.1) is 13.2 Å². The van der Waals surface area contributed by atoms with Crippen LogP contribution >= 0.6 is 0 Å². The zero-order valence-corrected chi connectivity index (χ0v) is 11.8. The number of hydrogen-bond donors (Lipinski definition) is 3. The lowest BCUT2D eigenvalue weighted by atomic mass is 10.3. The van der Waals surface area contributed by atoms with Gasteiger partial charge in [-0.25, -0.2) is 0 Å². The van der Waals surface area contributed by atoms with Gasteiger partial charge in [0.2, 0.25) is 17.8 Å². The first kappa shape index (κ1) is 15.4. The Hall–Kier alpha value is -1.63. The van der Waals surface area contributed by atoms with E-state index in [9.17, 15) is 9.59 Å². The van der Waals surface area contributed by atoms with E-state index in [1.165, 1.54) is 4.90 Å². The number of guanidine groups is 1. The minimum absolute atomic E-state index is 0.0420. The number of hydrogen-bond acceptors (Lipinski definition) is 4. The van der Waals surface area contributed by atoms with Crippen molar-refractivity contribution in [1.29, 1.82) is 5.41 Å². The molecule has 0 spiro atoms. The molecule has 0 radical (unpaired) electrons. The third-order valence-corrected chi connectivity index (χ3v) is 2.87. The maximum absolute atomic E-state index is 11.6. The number of nitrogens with one attached hydrogen (secondary N) is 3. The number of rotatable bonds is 7. The van der Waals surface area contributed by atoms with Gasteiger partial charge in [-0.15, -0.1) is 0 Å². The van der Waals surface area contributed by atoms with Crippen LogP contribution in [0.2, 0.25) is 0 Å². The zero-order valence-electron chi connectivity index (χ0n) is 11.8. The van der Waals surface area contributed by atoms with Crippen molar-refractivity contribution in [2.24, 2.45) is 0 Å². The minimum atomic E-state index is -0.0746. The molecule has 0 bridgehead atoms. The van der Waals surface area contributed by atoms with Crippen LogP contribution in [0.5, 0.6) is 0 Å². The summed E-state index contributed by atoms with van der Waals surface area (Å²) in [7, 11) is 1.71. The van der Waals surface area contributed by atoms with Gasteiger partial charge in [0, 0.05) is 26.1 Å². The van der Waals surface area contributed by atoms with E-state index in [0.717, 1.165) is 0 Å². The molecule has 19 heavy (non-hydrogen) atoms. The molecule has 1 aliphatic heterocycles. The minimum Gasteiger partial charge on any atom is -0.344 e. The highest BCUT2D eigenvalue weighted by atomic mass is 16.2. The fourth-order valence-electron chi connectivity index (χ4n) is 1.76. The smallest absolute Gasteiger partial charge is 0.248 e. The maximum atomic E-state index is 11.6. The van der Waals surface area contributed by atoms with Crippen LogP contribution in [0.1, 0.15) is 26.7 Å². The normalized spacial score (nSPS) is 15.6. The number of nitrogens with zero attached hydrogens (tertiary/aromatic N) is 2. The molecule has 0 aliphatic carbocycles. The first-order valence-electron chi connectivity index (χ1n) is 6.52. The molecule has 1 rings (SSSR count). The van der Waals surface area contributed by atoms with Gasteiger partial charge in [0.25, 0.3) is 0 Å². The average Bonchev–Trinajstić information content (AvgIpc) is 2.55. The summed E-state index contributed by atoms with van der Waals surface area (Å²) in [6.07, 6.45) is 0.927. The van der Waals surface area contributed by atoms with E-state index >= 15 is 0 Å². The summed E-state index contributed by atoms with van der Waals surface area (Å²) in [5, 5.41) is 13.6. The summed E-state index contributed by atoms with van der Waals surface area (Å²) in [4.78, 5) is 26.1. The van der Waals surface area contributed by atoms with Crippen LogP contribution in [-0.2, 0) is 9.59 Å². The lowest BCUT2D eigenvalue weighted by molar-refractivity contribution is -0.126. The molecule has 0 aromatic heterocycles. The number of likely N-dealkylation sites (N-methyl/N-ethyl adjacent to an activating group) is 1. The van der Waals surface area contributed by atoms with Gasteiger partial charge in [-0.1, -0.05) is 0 Å². The Morgan fingerprint density at radius 2 is 2.16 bits per heavy atom. The van der Waals surface area contributed by atoms with E-state index in [0.29, 0.717) is 32.1 Å². The molecule has 7 heteroatoms. The Morgan fingerprint density at radius 3 is 2.68 bits per heavy atom. The fourth-order valence-corrected chi connectivity index (χ4v) is 1.76. The van der Waals surface area contributed by atoms with Crippen LogP contribution in [0, 0.1) is 5.41 Å². The van der Waals surface area contributed by atoms with Gasteiger partial charge in [-0.05, 0) is 20.3 Å². The predicted octanol–water partition coefficient (Wildman–Crippen LogP) is -0.453. The Kier molecular flexibility index (Phi) is 5.75. The predicted molar refractivity (Wildman–Crippen MR) is 72.6 cm³/mol. The fraction of sp³-hybridized carbons (Fsp3) is 0.750. The summed E-state index contributed by atoms with van der Waals surface area (Å²) in [6, 6.07) is 0.332. The monoisotopic (exact) mass is 269 g/mol. The van der Waals surface area contributed by atoms with Crippen LogP contribution in [0.15, 0.2) is 0 Å². The Morgan fingerprint density at radius 1 is 1.47 bits per heavy atom. The van der Waals surface area contributed by atoms with Crippen molar-refractivity contribution in [3.05, 3.63) is 0 Å². The molecule has 0 unspecified atom stereocenters. The highest BCUT2D eigenvalue weighted by Crippen LogP contribution is 2.07. The lowest BCUT2D eigenvalue weighted by Crippen LogP contribution is -2.38. The Balaban J connectivity index is 2.18.